The van der Waals surface area contributed by atoms with Crippen molar-refractivity contribution in [3.05, 3.63) is 46.4 Å². The van der Waals surface area contributed by atoms with Gasteiger partial charge in [-0.3, -0.25) is 9.59 Å². The number of hydrogen-bond donors (Lipinski definition) is 2. The Balaban J connectivity index is 1.98. The van der Waals surface area contributed by atoms with Crippen LogP contribution in [0.5, 0.6) is 0 Å². The van der Waals surface area contributed by atoms with Crippen LogP contribution in [0, 0.1) is 0 Å². The van der Waals surface area contributed by atoms with Crippen molar-refractivity contribution in [3.63, 3.8) is 0 Å². The summed E-state index contributed by atoms with van der Waals surface area (Å²) in [7, 11) is 0. The molecule has 1 amide bonds. The van der Waals surface area contributed by atoms with Gasteiger partial charge in [0, 0.05) is 18.0 Å². The summed E-state index contributed by atoms with van der Waals surface area (Å²) < 4.78 is 0. The van der Waals surface area contributed by atoms with E-state index in [1.165, 1.54) is 0 Å². The third kappa shape index (κ3) is 2.56. The maximum Gasteiger partial charge on any atom is 0.270 e. The summed E-state index contributed by atoms with van der Waals surface area (Å²) >= 11 is 0. The van der Waals surface area contributed by atoms with Crippen LogP contribution < -0.4 is 5.56 Å². The fourth-order valence-electron chi connectivity index (χ4n) is 2.74. The number of carbonyl (C=O) groups is 1. The average Bonchev–Trinajstić information content (AvgIpc) is 2.44. The zero-order chi connectivity index (χ0) is 14.8. The van der Waals surface area contributed by atoms with Crippen LogP contribution in [0.4, 0.5) is 0 Å². The molecule has 3 rings (SSSR count). The molecule has 0 bridgehead atoms. The molecule has 5 heteroatoms. The number of aliphatic hydroxyl groups is 1. The first kappa shape index (κ1) is 13.8. The van der Waals surface area contributed by atoms with Crippen LogP contribution in [-0.2, 0) is 0 Å². The number of aromatic amines is 1. The van der Waals surface area contributed by atoms with Gasteiger partial charge < -0.3 is 15.0 Å². The van der Waals surface area contributed by atoms with E-state index in [0.29, 0.717) is 17.6 Å². The van der Waals surface area contributed by atoms with Gasteiger partial charge in [0.1, 0.15) is 5.69 Å². The van der Waals surface area contributed by atoms with Crippen molar-refractivity contribution in [2.45, 2.75) is 25.3 Å². The standard InChI is InChI=1S/C16H18N2O3/c19-9-8-18(12-5-3-6-12)16(21)14-10-11-4-1-2-7-13(11)15(20)17-14/h1-2,4,7,10,12,19H,3,5-6,8-9H2,(H,17,20). The molecule has 1 aromatic carbocycles. The molecule has 1 aliphatic carbocycles. The third-order valence-corrected chi connectivity index (χ3v) is 4.10. The molecule has 1 aliphatic rings. The van der Waals surface area contributed by atoms with Gasteiger partial charge >= 0.3 is 0 Å². The molecule has 0 unspecified atom stereocenters. The highest BCUT2D eigenvalue weighted by Crippen LogP contribution is 2.26. The number of nitrogens with one attached hydrogen (secondary N) is 1. The Kier molecular flexibility index (Phi) is 3.75. The quantitative estimate of drug-likeness (QED) is 0.895. The zero-order valence-electron chi connectivity index (χ0n) is 11.7. The van der Waals surface area contributed by atoms with Gasteiger partial charge in [0.15, 0.2) is 0 Å². The molecule has 0 spiro atoms. The Hall–Kier alpha value is -2.14. The number of pyridine rings is 1. The van der Waals surface area contributed by atoms with Crippen LogP contribution >= 0.6 is 0 Å². The summed E-state index contributed by atoms with van der Waals surface area (Å²) in [5, 5.41) is 10.5. The van der Waals surface area contributed by atoms with Crippen LogP contribution in [0.3, 0.4) is 0 Å². The van der Waals surface area contributed by atoms with Crippen molar-refractivity contribution in [1.82, 2.24) is 9.88 Å². The predicted octanol–water partition coefficient (Wildman–Crippen LogP) is 1.52. The van der Waals surface area contributed by atoms with Gasteiger partial charge in [-0.25, -0.2) is 0 Å². The second kappa shape index (κ2) is 5.69. The van der Waals surface area contributed by atoms with Crippen LogP contribution in [0.25, 0.3) is 10.8 Å². The molecule has 2 aromatic rings. The smallest absolute Gasteiger partial charge is 0.270 e. The summed E-state index contributed by atoms with van der Waals surface area (Å²) in [5.41, 5.74) is 0.0352. The van der Waals surface area contributed by atoms with Gasteiger partial charge in [0.05, 0.1) is 6.61 Å². The lowest BCUT2D eigenvalue weighted by Crippen LogP contribution is -2.46. The maximum atomic E-state index is 12.6. The van der Waals surface area contributed by atoms with Crippen molar-refractivity contribution in [2.75, 3.05) is 13.2 Å². The molecule has 0 radical (unpaired) electrons. The first-order valence-electron chi connectivity index (χ1n) is 7.24. The van der Waals surface area contributed by atoms with Gasteiger partial charge in [-0.15, -0.1) is 0 Å². The molecule has 21 heavy (non-hydrogen) atoms. The molecular formula is C16H18N2O3. The number of nitrogens with zero attached hydrogens (tertiary/aromatic N) is 1. The van der Waals surface area contributed by atoms with E-state index in [1.807, 2.05) is 12.1 Å². The molecule has 5 nitrogen and oxygen atoms in total. The molecule has 1 fully saturated rings. The minimum Gasteiger partial charge on any atom is -0.395 e. The Morgan fingerprint density at radius 3 is 2.76 bits per heavy atom. The number of fused-ring (bicyclic) bond motifs is 1. The van der Waals surface area contributed by atoms with Crippen molar-refractivity contribution < 1.29 is 9.90 Å². The van der Waals surface area contributed by atoms with Gasteiger partial charge in [0.2, 0.25) is 0 Å². The molecule has 0 aliphatic heterocycles. The molecule has 0 atom stereocenters. The number of benzene rings is 1. The normalized spacial score (nSPS) is 14.9. The van der Waals surface area contributed by atoms with E-state index in [9.17, 15) is 9.59 Å². The Bertz CT molecular complexity index is 719. The summed E-state index contributed by atoms with van der Waals surface area (Å²) in [6, 6.07) is 9.08. The highest BCUT2D eigenvalue weighted by Gasteiger charge is 2.29. The monoisotopic (exact) mass is 286 g/mol. The number of aromatic nitrogens is 1. The maximum absolute atomic E-state index is 12.6. The number of carbonyl (C=O) groups excluding carboxylic acids is 1. The number of rotatable bonds is 4. The minimum absolute atomic E-state index is 0.0694. The largest absolute Gasteiger partial charge is 0.395 e. The van der Waals surface area contributed by atoms with Crippen LogP contribution in [0.1, 0.15) is 29.8 Å². The van der Waals surface area contributed by atoms with E-state index in [1.54, 1.807) is 23.1 Å². The molecule has 2 N–H and O–H groups in total. The van der Waals surface area contributed by atoms with E-state index in [0.717, 1.165) is 24.6 Å². The Morgan fingerprint density at radius 1 is 1.33 bits per heavy atom. The van der Waals surface area contributed by atoms with E-state index in [-0.39, 0.29) is 24.1 Å². The highest BCUT2D eigenvalue weighted by atomic mass is 16.3. The molecule has 110 valence electrons. The number of amides is 1. The number of hydrogen-bond acceptors (Lipinski definition) is 3. The van der Waals surface area contributed by atoms with E-state index in [2.05, 4.69) is 4.98 Å². The topological polar surface area (TPSA) is 73.4 Å². The first-order valence-corrected chi connectivity index (χ1v) is 7.24. The van der Waals surface area contributed by atoms with Crippen molar-refractivity contribution >= 4 is 16.7 Å². The van der Waals surface area contributed by atoms with Gasteiger partial charge in [-0.2, -0.15) is 0 Å². The zero-order valence-corrected chi connectivity index (χ0v) is 11.7. The Morgan fingerprint density at radius 2 is 2.10 bits per heavy atom. The Labute approximate surface area is 122 Å². The first-order chi connectivity index (χ1) is 10.2. The summed E-state index contributed by atoms with van der Waals surface area (Å²) in [4.78, 5) is 29.0. The third-order valence-electron chi connectivity index (χ3n) is 4.10. The molecular weight excluding hydrogens is 268 g/mol. The summed E-state index contributed by atoms with van der Waals surface area (Å²) in [6.45, 7) is 0.235. The van der Waals surface area contributed by atoms with E-state index in [4.69, 9.17) is 5.11 Å². The minimum atomic E-state index is -0.256. The van der Waals surface area contributed by atoms with Gasteiger partial charge in [-0.1, -0.05) is 18.2 Å². The molecule has 1 aromatic heterocycles. The van der Waals surface area contributed by atoms with Crippen molar-refractivity contribution in [2.24, 2.45) is 0 Å². The van der Waals surface area contributed by atoms with Crippen molar-refractivity contribution in [1.29, 1.82) is 0 Å². The second-order valence-electron chi connectivity index (χ2n) is 5.41. The van der Waals surface area contributed by atoms with Crippen LogP contribution in [0.2, 0.25) is 0 Å². The lowest BCUT2D eigenvalue weighted by molar-refractivity contribution is 0.0520. The second-order valence-corrected chi connectivity index (χ2v) is 5.41. The SMILES string of the molecule is O=C(c1cc2ccccc2c(=O)[nH]1)N(CCO)C1CCC1. The number of H-pyrrole nitrogens is 1. The molecule has 1 saturated carbocycles. The van der Waals surface area contributed by atoms with Crippen molar-refractivity contribution in [3.8, 4) is 0 Å². The molecule has 0 saturated heterocycles. The molecule has 1 heterocycles. The lowest BCUT2D eigenvalue weighted by Gasteiger charge is -2.37. The summed E-state index contributed by atoms with van der Waals surface area (Å²) in [6.07, 6.45) is 3.03. The highest BCUT2D eigenvalue weighted by molar-refractivity contribution is 5.96. The number of aliphatic hydroxyl groups excluding tert-OH is 1. The average molecular weight is 286 g/mol. The van der Waals surface area contributed by atoms with Crippen LogP contribution in [-0.4, -0.2) is 40.1 Å². The van der Waals surface area contributed by atoms with E-state index < -0.39 is 0 Å². The lowest BCUT2D eigenvalue weighted by atomic mass is 9.91. The van der Waals surface area contributed by atoms with Gasteiger partial charge in [-0.05, 0) is 36.8 Å². The fraction of sp³-hybridized carbons (Fsp3) is 0.375. The van der Waals surface area contributed by atoms with Gasteiger partial charge in [0.25, 0.3) is 11.5 Å². The predicted molar refractivity (Wildman–Crippen MR) is 80.3 cm³/mol. The van der Waals surface area contributed by atoms with Crippen LogP contribution in [0.15, 0.2) is 35.1 Å². The summed E-state index contributed by atoms with van der Waals surface area (Å²) in [5.74, 6) is -0.211. The fourth-order valence-corrected chi connectivity index (χ4v) is 2.74. The van der Waals surface area contributed by atoms with E-state index >= 15 is 0 Å².